The second kappa shape index (κ2) is 10.5. The standard InChI is InChI=1S/C26H30F4OS/c27-23-15-14-21(16-24(23)28)19-8-6-17(7-9-19)18-10-12-20(13-11-18)25(29)26(30)32(31)22-4-2-1-3-5-22/h1-5,14-20,25-26H,6-13H2/t17?,18?,19?,20?,25-,26+,32?/m1/s1. The van der Waals surface area contributed by atoms with Gasteiger partial charge in [0.05, 0.1) is 10.8 Å². The van der Waals surface area contributed by atoms with Crippen LogP contribution in [0.2, 0.25) is 0 Å². The molecule has 0 N–H and O–H groups in total. The normalized spacial score (nSPS) is 29.2. The van der Waals surface area contributed by atoms with Crippen LogP contribution in [0.15, 0.2) is 53.4 Å². The average Bonchev–Trinajstić information content (AvgIpc) is 2.85. The molecule has 0 heterocycles. The van der Waals surface area contributed by atoms with Crippen molar-refractivity contribution in [3.8, 4) is 0 Å². The summed E-state index contributed by atoms with van der Waals surface area (Å²) in [6.07, 6.45) is 5.24. The highest BCUT2D eigenvalue weighted by Gasteiger charge is 2.38. The van der Waals surface area contributed by atoms with Crippen LogP contribution in [0.25, 0.3) is 0 Å². The lowest BCUT2D eigenvalue weighted by Gasteiger charge is -2.38. The maximum Gasteiger partial charge on any atom is 0.210 e. The van der Waals surface area contributed by atoms with E-state index in [9.17, 15) is 21.8 Å². The highest BCUT2D eigenvalue weighted by molar-refractivity contribution is 7.85. The molecular formula is C26H30F4OS. The molecule has 2 aliphatic carbocycles. The Labute approximate surface area is 190 Å². The monoisotopic (exact) mass is 466 g/mol. The Kier molecular flexibility index (Phi) is 7.70. The minimum absolute atomic E-state index is 0.258. The summed E-state index contributed by atoms with van der Waals surface area (Å²) >= 11 is 0. The zero-order chi connectivity index (χ0) is 22.7. The van der Waals surface area contributed by atoms with E-state index in [0.29, 0.717) is 29.6 Å². The molecule has 3 atom stereocenters. The molecule has 2 fully saturated rings. The van der Waals surface area contributed by atoms with E-state index < -0.39 is 34.1 Å². The second-order valence-electron chi connectivity index (χ2n) is 9.37. The minimum Gasteiger partial charge on any atom is -0.251 e. The van der Waals surface area contributed by atoms with Gasteiger partial charge in [0.1, 0.15) is 6.17 Å². The molecule has 1 nitrogen and oxygen atoms in total. The van der Waals surface area contributed by atoms with Gasteiger partial charge in [-0.2, -0.15) is 0 Å². The Bertz CT molecular complexity index is 905. The Hall–Kier alpha value is -1.69. The van der Waals surface area contributed by atoms with E-state index in [0.717, 1.165) is 44.1 Å². The predicted octanol–water partition coefficient (Wildman–Crippen LogP) is 7.49. The Morgan fingerprint density at radius 3 is 1.94 bits per heavy atom. The molecule has 2 aliphatic rings. The van der Waals surface area contributed by atoms with Crippen molar-refractivity contribution in [2.45, 2.75) is 73.9 Å². The molecule has 2 aromatic rings. The fourth-order valence-electron chi connectivity index (χ4n) is 5.64. The summed E-state index contributed by atoms with van der Waals surface area (Å²) in [6, 6.07) is 12.5. The molecular weight excluding hydrogens is 436 g/mol. The number of rotatable bonds is 6. The van der Waals surface area contributed by atoms with E-state index in [2.05, 4.69) is 0 Å². The largest absolute Gasteiger partial charge is 0.251 e. The first-order valence-electron chi connectivity index (χ1n) is 11.6. The van der Waals surface area contributed by atoms with Crippen molar-refractivity contribution in [2.24, 2.45) is 17.8 Å². The van der Waals surface area contributed by atoms with Crippen LogP contribution < -0.4 is 0 Å². The van der Waals surface area contributed by atoms with Gasteiger partial charge in [-0.1, -0.05) is 24.3 Å². The third-order valence-electron chi connectivity index (χ3n) is 7.55. The van der Waals surface area contributed by atoms with Crippen LogP contribution in [0.3, 0.4) is 0 Å². The number of halogens is 4. The lowest BCUT2D eigenvalue weighted by molar-refractivity contribution is 0.0899. The second-order valence-corrected chi connectivity index (χ2v) is 10.9. The maximum absolute atomic E-state index is 14.9. The van der Waals surface area contributed by atoms with E-state index in [1.807, 2.05) is 0 Å². The van der Waals surface area contributed by atoms with Gasteiger partial charge in [0.2, 0.25) is 5.50 Å². The molecule has 0 aromatic heterocycles. The maximum atomic E-state index is 14.9. The fraction of sp³-hybridized carbons (Fsp3) is 0.538. The third-order valence-corrected chi connectivity index (χ3v) is 8.96. The number of hydrogen-bond acceptors (Lipinski definition) is 1. The van der Waals surface area contributed by atoms with Crippen LogP contribution in [0.1, 0.15) is 62.8 Å². The first-order valence-corrected chi connectivity index (χ1v) is 12.8. The van der Waals surface area contributed by atoms with Crippen molar-refractivity contribution in [2.75, 3.05) is 0 Å². The van der Waals surface area contributed by atoms with E-state index in [1.165, 1.54) is 12.1 Å². The van der Waals surface area contributed by atoms with Crippen molar-refractivity contribution in [3.05, 3.63) is 65.7 Å². The minimum atomic E-state index is -1.99. The van der Waals surface area contributed by atoms with Gasteiger partial charge in [0.25, 0.3) is 0 Å². The molecule has 0 spiro atoms. The van der Waals surface area contributed by atoms with Crippen molar-refractivity contribution in [3.63, 3.8) is 0 Å². The topological polar surface area (TPSA) is 17.1 Å². The molecule has 1 unspecified atom stereocenters. The highest BCUT2D eigenvalue weighted by Crippen LogP contribution is 2.45. The molecule has 174 valence electrons. The van der Waals surface area contributed by atoms with Crippen LogP contribution in [-0.2, 0) is 10.8 Å². The summed E-state index contributed by atoms with van der Waals surface area (Å²) in [5.41, 5.74) is -1.13. The summed E-state index contributed by atoms with van der Waals surface area (Å²) in [6.45, 7) is 0. The molecule has 0 saturated heterocycles. The van der Waals surface area contributed by atoms with Gasteiger partial charge >= 0.3 is 0 Å². The van der Waals surface area contributed by atoms with Crippen molar-refractivity contribution >= 4 is 10.8 Å². The SMILES string of the molecule is O=S(c1ccccc1)[C@H](F)[C@H](F)C1CCC(C2CCC(c3ccc(F)c(F)c3)CC2)CC1. The number of hydrogen-bond donors (Lipinski definition) is 0. The van der Waals surface area contributed by atoms with E-state index >= 15 is 0 Å². The van der Waals surface area contributed by atoms with Crippen molar-refractivity contribution in [1.82, 2.24) is 0 Å². The zero-order valence-electron chi connectivity index (χ0n) is 18.1. The third kappa shape index (κ3) is 5.27. The molecule has 2 saturated carbocycles. The van der Waals surface area contributed by atoms with Gasteiger partial charge in [-0.3, -0.25) is 4.21 Å². The van der Waals surface area contributed by atoms with Gasteiger partial charge in [0, 0.05) is 4.90 Å². The first-order chi connectivity index (χ1) is 15.4. The quantitative estimate of drug-likeness (QED) is 0.403. The molecule has 6 heteroatoms. The lowest BCUT2D eigenvalue weighted by atomic mass is 9.68. The highest BCUT2D eigenvalue weighted by atomic mass is 32.2. The summed E-state index contributed by atoms with van der Waals surface area (Å²) in [5.74, 6) is -0.672. The number of alkyl halides is 2. The van der Waals surface area contributed by atoms with Crippen molar-refractivity contribution in [1.29, 1.82) is 0 Å². The van der Waals surface area contributed by atoms with Gasteiger partial charge in [-0.15, -0.1) is 0 Å². The van der Waals surface area contributed by atoms with Gasteiger partial charge in [-0.05, 0) is 105 Å². The number of benzene rings is 2. The molecule has 0 bridgehead atoms. The lowest BCUT2D eigenvalue weighted by Crippen LogP contribution is -2.34. The predicted molar refractivity (Wildman–Crippen MR) is 119 cm³/mol. The van der Waals surface area contributed by atoms with Crippen LogP contribution in [0, 0.1) is 29.4 Å². The molecule has 0 radical (unpaired) electrons. The van der Waals surface area contributed by atoms with Crippen LogP contribution in [0.4, 0.5) is 17.6 Å². The summed E-state index contributed by atoms with van der Waals surface area (Å²) in [5, 5.41) is 0. The van der Waals surface area contributed by atoms with E-state index in [4.69, 9.17) is 0 Å². The van der Waals surface area contributed by atoms with E-state index in [-0.39, 0.29) is 11.8 Å². The molecule has 4 rings (SSSR count). The van der Waals surface area contributed by atoms with Gasteiger partial charge < -0.3 is 0 Å². The zero-order valence-corrected chi connectivity index (χ0v) is 18.9. The van der Waals surface area contributed by atoms with Gasteiger partial charge in [0.15, 0.2) is 11.6 Å². The Morgan fingerprint density at radius 2 is 1.34 bits per heavy atom. The molecule has 0 aliphatic heterocycles. The summed E-state index contributed by atoms with van der Waals surface area (Å²) < 4.78 is 68.6. The average molecular weight is 467 g/mol. The Balaban J connectivity index is 1.26. The first kappa shape index (κ1) is 23.5. The smallest absolute Gasteiger partial charge is 0.210 e. The fourth-order valence-corrected chi connectivity index (χ4v) is 6.79. The summed E-state index contributed by atoms with van der Waals surface area (Å²) in [7, 11) is -1.99. The van der Waals surface area contributed by atoms with E-state index in [1.54, 1.807) is 36.4 Å². The van der Waals surface area contributed by atoms with Crippen LogP contribution >= 0.6 is 0 Å². The Morgan fingerprint density at radius 1 is 0.750 bits per heavy atom. The van der Waals surface area contributed by atoms with Crippen LogP contribution in [-0.4, -0.2) is 15.9 Å². The van der Waals surface area contributed by atoms with Gasteiger partial charge in [-0.25, -0.2) is 17.6 Å². The summed E-state index contributed by atoms with van der Waals surface area (Å²) in [4.78, 5) is 0.328. The molecule has 32 heavy (non-hydrogen) atoms. The van der Waals surface area contributed by atoms with Crippen molar-refractivity contribution < 1.29 is 21.8 Å². The molecule has 0 amide bonds. The molecule has 2 aromatic carbocycles. The van der Waals surface area contributed by atoms with Crippen LogP contribution in [0.5, 0.6) is 0 Å².